The van der Waals surface area contributed by atoms with Crippen molar-refractivity contribution in [3.05, 3.63) is 36.1 Å². The zero-order chi connectivity index (χ0) is 16.3. The number of aliphatic hydroxyl groups is 1. The summed E-state index contributed by atoms with van der Waals surface area (Å²) >= 11 is 0. The number of fused-ring (bicyclic) bond motifs is 1. The fourth-order valence-electron chi connectivity index (χ4n) is 1.99. The van der Waals surface area contributed by atoms with Crippen LogP contribution in [0.25, 0.3) is 11.0 Å². The SMILES string of the molecule is CC(C)NC(=O)C(=O)NCC(C)(O)c1cc2ccccc2o1. The molecule has 0 radical (unpaired) electrons. The minimum Gasteiger partial charge on any atom is -0.458 e. The molecule has 1 atom stereocenters. The molecule has 2 aromatic rings. The van der Waals surface area contributed by atoms with Gasteiger partial charge in [-0.1, -0.05) is 18.2 Å². The van der Waals surface area contributed by atoms with Gasteiger partial charge < -0.3 is 20.2 Å². The number of carbonyl (C=O) groups excluding carboxylic acids is 2. The third-order valence-electron chi connectivity index (χ3n) is 3.18. The number of rotatable bonds is 4. The van der Waals surface area contributed by atoms with Crippen molar-refractivity contribution in [1.29, 1.82) is 0 Å². The van der Waals surface area contributed by atoms with E-state index in [0.29, 0.717) is 11.3 Å². The first-order valence-electron chi connectivity index (χ1n) is 7.10. The van der Waals surface area contributed by atoms with Gasteiger partial charge in [0.25, 0.3) is 0 Å². The molecule has 1 aromatic carbocycles. The fraction of sp³-hybridized carbons (Fsp3) is 0.375. The second-order valence-electron chi connectivity index (χ2n) is 5.73. The maximum absolute atomic E-state index is 11.7. The zero-order valence-electron chi connectivity index (χ0n) is 12.8. The minimum absolute atomic E-state index is 0.128. The lowest BCUT2D eigenvalue weighted by atomic mass is 10.0. The van der Waals surface area contributed by atoms with E-state index in [-0.39, 0.29) is 12.6 Å². The van der Waals surface area contributed by atoms with Crippen molar-refractivity contribution >= 4 is 22.8 Å². The number of carbonyl (C=O) groups is 2. The molecule has 0 aliphatic rings. The average molecular weight is 304 g/mol. The van der Waals surface area contributed by atoms with E-state index in [0.717, 1.165) is 5.39 Å². The maximum atomic E-state index is 11.7. The van der Waals surface area contributed by atoms with Crippen molar-refractivity contribution in [2.75, 3.05) is 6.54 Å². The second-order valence-corrected chi connectivity index (χ2v) is 5.73. The summed E-state index contributed by atoms with van der Waals surface area (Å²) in [5.41, 5.74) is -0.756. The first kappa shape index (κ1) is 16.0. The predicted octanol–water partition coefficient (Wildman–Crippen LogP) is 1.28. The van der Waals surface area contributed by atoms with Gasteiger partial charge in [-0.25, -0.2) is 0 Å². The second kappa shape index (κ2) is 6.19. The highest BCUT2D eigenvalue weighted by molar-refractivity contribution is 6.35. The van der Waals surface area contributed by atoms with Gasteiger partial charge in [0, 0.05) is 11.4 Å². The summed E-state index contributed by atoms with van der Waals surface area (Å²) in [6.07, 6.45) is 0. The minimum atomic E-state index is -1.41. The number of hydrogen-bond donors (Lipinski definition) is 3. The summed E-state index contributed by atoms with van der Waals surface area (Å²) < 4.78 is 5.59. The smallest absolute Gasteiger partial charge is 0.309 e. The van der Waals surface area contributed by atoms with E-state index in [1.54, 1.807) is 26.0 Å². The molecule has 3 N–H and O–H groups in total. The molecule has 22 heavy (non-hydrogen) atoms. The largest absolute Gasteiger partial charge is 0.458 e. The van der Waals surface area contributed by atoms with Crippen LogP contribution in [0.15, 0.2) is 34.7 Å². The Hall–Kier alpha value is -2.34. The summed E-state index contributed by atoms with van der Waals surface area (Å²) in [7, 11) is 0. The van der Waals surface area contributed by atoms with Crippen molar-refractivity contribution in [1.82, 2.24) is 10.6 Å². The lowest BCUT2D eigenvalue weighted by molar-refractivity contribution is -0.140. The van der Waals surface area contributed by atoms with Crippen LogP contribution in [0, 0.1) is 0 Å². The first-order chi connectivity index (χ1) is 10.3. The molecule has 118 valence electrons. The maximum Gasteiger partial charge on any atom is 0.309 e. The molecule has 1 aromatic heterocycles. The van der Waals surface area contributed by atoms with Crippen LogP contribution in [0.2, 0.25) is 0 Å². The number of amides is 2. The van der Waals surface area contributed by atoms with Gasteiger partial charge in [-0.15, -0.1) is 0 Å². The Morgan fingerprint density at radius 1 is 1.27 bits per heavy atom. The molecule has 0 saturated carbocycles. The molecule has 0 fully saturated rings. The van der Waals surface area contributed by atoms with E-state index in [1.165, 1.54) is 6.92 Å². The Labute approximate surface area is 128 Å². The van der Waals surface area contributed by atoms with Crippen molar-refractivity contribution in [2.45, 2.75) is 32.4 Å². The number of hydrogen-bond acceptors (Lipinski definition) is 4. The molecule has 1 unspecified atom stereocenters. The van der Waals surface area contributed by atoms with E-state index in [1.807, 2.05) is 18.2 Å². The Morgan fingerprint density at radius 3 is 2.59 bits per heavy atom. The summed E-state index contributed by atoms with van der Waals surface area (Å²) in [4.78, 5) is 23.2. The molecule has 2 rings (SSSR count). The van der Waals surface area contributed by atoms with Gasteiger partial charge in [-0.2, -0.15) is 0 Å². The van der Waals surface area contributed by atoms with E-state index in [2.05, 4.69) is 10.6 Å². The van der Waals surface area contributed by atoms with Gasteiger partial charge in [0.2, 0.25) is 0 Å². The van der Waals surface area contributed by atoms with Crippen LogP contribution < -0.4 is 10.6 Å². The van der Waals surface area contributed by atoms with Crippen LogP contribution in [0.1, 0.15) is 26.5 Å². The van der Waals surface area contributed by atoms with E-state index < -0.39 is 17.4 Å². The Balaban J connectivity index is 2.04. The quantitative estimate of drug-likeness (QED) is 0.742. The topological polar surface area (TPSA) is 91.6 Å². The molecule has 6 nitrogen and oxygen atoms in total. The zero-order valence-corrected chi connectivity index (χ0v) is 12.8. The molecule has 6 heteroatoms. The lowest BCUT2D eigenvalue weighted by Gasteiger charge is -2.21. The molecular weight excluding hydrogens is 284 g/mol. The summed E-state index contributed by atoms with van der Waals surface area (Å²) in [5, 5.41) is 16.2. The van der Waals surface area contributed by atoms with Crippen LogP contribution in [0.3, 0.4) is 0 Å². The third kappa shape index (κ3) is 3.65. The first-order valence-corrected chi connectivity index (χ1v) is 7.10. The highest BCUT2D eigenvalue weighted by atomic mass is 16.4. The van der Waals surface area contributed by atoms with Crippen molar-refractivity contribution in [2.24, 2.45) is 0 Å². The number of nitrogens with one attached hydrogen (secondary N) is 2. The summed E-state index contributed by atoms with van der Waals surface area (Å²) in [6, 6.07) is 8.96. The standard InChI is InChI=1S/C16H20N2O4/c1-10(2)18-15(20)14(19)17-9-16(3,21)13-8-11-6-4-5-7-12(11)22-13/h4-8,10,21H,9H2,1-3H3,(H,17,19)(H,18,20). The molecule has 1 heterocycles. The predicted molar refractivity (Wildman–Crippen MR) is 82.1 cm³/mol. The van der Waals surface area contributed by atoms with Gasteiger partial charge in [0.1, 0.15) is 16.9 Å². The average Bonchev–Trinajstić information content (AvgIpc) is 2.88. The van der Waals surface area contributed by atoms with Crippen molar-refractivity contribution in [3.63, 3.8) is 0 Å². The monoisotopic (exact) mass is 304 g/mol. The third-order valence-corrected chi connectivity index (χ3v) is 3.18. The van der Waals surface area contributed by atoms with Gasteiger partial charge in [0.15, 0.2) is 0 Å². The fourth-order valence-corrected chi connectivity index (χ4v) is 1.99. The van der Waals surface area contributed by atoms with E-state index in [9.17, 15) is 14.7 Å². The Bertz CT molecular complexity index is 655. The molecule has 0 bridgehead atoms. The molecule has 0 spiro atoms. The summed E-state index contributed by atoms with van der Waals surface area (Å²) in [5.74, 6) is -1.18. The number of para-hydroxylation sites is 1. The van der Waals surface area contributed by atoms with Crippen molar-refractivity contribution in [3.8, 4) is 0 Å². The van der Waals surface area contributed by atoms with Crippen LogP contribution in [-0.2, 0) is 15.2 Å². The number of benzene rings is 1. The lowest BCUT2D eigenvalue weighted by Crippen LogP contribution is -2.46. The molecular formula is C16H20N2O4. The molecule has 2 amide bonds. The van der Waals surface area contributed by atoms with Gasteiger partial charge in [0.05, 0.1) is 6.54 Å². The van der Waals surface area contributed by atoms with Crippen molar-refractivity contribution < 1.29 is 19.1 Å². The normalized spacial score (nSPS) is 13.9. The van der Waals surface area contributed by atoms with E-state index >= 15 is 0 Å². The molecule has 0 aliphatic heterocycles. The summed E-state index contributed by atoms with van der Waals surface area (Å²) in [6.45, 7) is 4.91. The Morgan fingerprint density at radius 2 is 1.95 bits per heavy atom. The van der Waals surface area contributed by atoms with Gasteiger partial charge in [-0.05, 0) is 32.9 Å². The van der Waals surface area contributed by atoms with Crippen LogP contribution in [-0.4, -0.2) is 29.5 Å². The van der Waals surface area contributed by atoms with Crippen LogP contribution in [0.4, 0.5) is 0 Å². The number of furan rings is 1. The molecule has 0 saturated heterocycles. The van der Waals surface area contributed by atoms with Gasteiger partial charge >= 0.3 is 11.8 Å². The van der Waals surface area contributed by atoms with Crippen LogP contribution in [0.5, 0.6) is 0 Å². The molecule has 0 aliphatic carbocycles. The highest BCUT2D eigenvalue weighted by Gasteiger charge is 2.29. The van der Waals surface area contributed by atoms with Crippen LogP contribution >= 0.6 is 0 Å². The van der Waals surface area contributed by atoms with Gasteiger partial charge in [-0.3, -0.25) is 9.59 Å². The Kier molecular flexibility index (Phi) is 4.51. The van der Waals surface area contributed by atoms with E-state index in [4.69, 9.17) is 4.42 Å². The highest BCUT2D eigenvalue weighted by Crippen LogP contribution is 2.27.